The third-order valence-electron chi connectivity index (χ3n) is 2.88. The van der Waals surface area contributed by atoms with Crippen molar-refractivity contribution in [2.45, 2.75) is 25.4 Å². The molecule has 1 aliphatic rings. The van der Waals surface area contributed by atoms with E-state index in [-0.39, 0.29) is 0 Å². The van der Waals surface area contributed by atoms with Crippen LogP contribution in [0.1, 0.15) is 18.5 Å². The summed E-state index contributed by atoms with van der Waals surface area (Å²) in [6, 6.07) is 6.22. The third kappa shape index (κ3) is 2.69. The summed E-state index contributed by atoms with van der Waals surface area (Å²) in [5.74, 6) is 0. The first-order chi connectivity index (χ1) is 8.74. The zero-order valence-electron chi connectivity index (χ0n) is 9.62. The first-order valence-electron chi connectivity index (χ1n) is 5.86. The molecule has 3 rings (SSSR count). The van der Waals surface area contributed by atoms with E-state index in [4.69, 9.17) is 23.2 Å². The van der Waals surface area contributed by atoms with Crippen LogP contribution in [0.4, 0.5) is 0 Å². The molecule has 0 bridgehead atoms. The van der Waals surface area contributed by atoms with Crippen LogP contribution in [0.25, 0.3) is 10.6 Å². The van der Waals surface area contributed by atoms with Crippen molar-refractivity contribution in [3.8, 4) is 10.6 Å². The van der Waals surface area contributed by atoms with Gasteiger partial charge in [-0.25, -0.2) is 4.98 Å². The molecule has 1 heterocycles. The van der Waals surface area contributed by atoms with Crippen LogP contribution < -0.4 is 5.32 Å². The average molecular weight is 299 g/mol. The number of hydrogen-bond donors (Lipinski definition) is 1. The van der Waals surface area contributed by atoms with Crippen LogP contribution in [0, 0.1) is 0 Å². The number of aromatic nitrogens is 1. The molecule has 1 aromatic heterocycles. The van der Waals surface area contributed by atoms with Gasteiger partial charge in [-0.1, -0.05) is 29.3 Å². The van der Waals surface area contributed by atoms with Crippen LogP contribution >= 0.6 is 34.5 Å². The summed E-state index contributed by atoms with van der Waals surface area (Å²) in [6.45, 7) is 0.823. The van der Waals surface area contributed by atoms with Crippen LogP contribution in [0.5, 0.6) is 0 Å². The Kier molecular flexibility index (Phi) is 3.57. The Balaban J connectivity index is 1.83. The highest BCUT2D eigenvalue weighted by atomic mass is 35.5. The van der Waals surface area contributed by atoms with Crippen LogP contribution in [0.3, 0.4) is 0 Å². The first kappa shape index (κ1) is 12.4. The van der Waals surface area contributed by atoms with Gasteiger partial charge in [-0.3, -0.25) is 0 Å². The predicted molar refractivity (Wildman–Crippen MR) is 77.4 cm³/mol. The Morgan fingerprint density at radius 2 is 2.00 bits per heavy atom. The molecule has 0 aliphatic heterocycles. The highest BCUT2D eigenvalue weighted by Gasteiger charge is 2.20. The van der Waals surface area contributed by atoms with Crippen molar-refractivity contribution < 1.29 is 0 Å². The maximum Gasteiger partial charge on any atom is 0.126 e. The van der Waals surface area contributed by atoms with E-state index in [0.717, 1.165) is 22.8 Å². The summed E-state index contributed by atoms with van der Waals surface area (Å²) >= 11 is 13.9. The van der Waals surface area contributed by atoms with Gasteiger partial charge in [0.15, 0.2) is 0 Å². The van der Waals surface area contributed by atoms with E-state index >= 15 is 0 Å². The minimum absolute atomic E-state index is 0.651. The second kappa shape index (κ2) is 5.17. The molecule has 1 N–H and O–H groups in total. The largest absolute Gasteiger partial charge is 0.308 e. The van der Waals surface area contributed by atoms with Crippen molar-refractivity contribution in [2.24, 2.45) is 0 Å². The van der Waals surface area contributed by atoms with Crippen LogP contribution in [0.15, 0.2) is 23.6 Å². The Hall–Kier alpha value is -0.610. The second-order valence-electron chi connectivity index (χ2n) is 4.40. The lowest BCUT2D eigenvalue weighted by molar-refractivity contribution is 0.678. The van der Waals surface area contributed by atoms with E-state index in [9.17, 15) is 0 Å². The van der Waals surface area contributed by atoms with Gasteiger partial charge in [-0.2, -0.15) is 0 Å². The van der Waals surface area contributed by atoms with Gasteiger partial charge >= 0.3 is 0 Å². The topological polar surface area (TPSA) is 24.9 Å². The van der Waals surface area contributed by atoms with Gasteiger partial charge in [0.25, 0.3) is 0 Å². The normalized spacial score (nSPS) is 15.0. The number of thiazole rings is 1. The summed E-state index contributed by atoms with van der Waals surface area (Å²) in [7, 11) is 0. The predicted octanol–water partition coefficient (Wildman–Crippen LogP) is 4.37. The van der Waals surface area contributed by atoms with E-state index < -0.39 is 0 Å². The molecular formula is C13H12Cl2N2S. The van der Waals surface area contributed by atoms with Crippen molar-refractivity contribution in [2.75, 3.05) is 0 Å². The maximum absolute atomic E-state index is 6.18. The van der Waals surface area contributed by atoms with Gasteiger partial charge in [0.05, 0.1) is 15.7 Å². The molecule has 0 radical (unpaired) electrons. The highest BCUT2D eigenvalue weighted by molar-refractivity contribution is 7.13. The Morgan fingerprint density at radius 1 is 1.28 bits per heavy atom. The number of hydrogen-bond acceptors (Lipinski definition) is 3. The number of nitrogens with zero attached hydrogens (tertiary/aromatic N) is 1. The average Bonchev–Trinajstić information content (AvgIpc) is 3.06. The van der Waals surface area contributed by atoms with Gasteiger partial charge in [-0.05, 0) is 25.0 Å². The summed E-state index contributed by atoms with van der Waals surface area (Å²) in [4.78, 5) is 4.59. The second-order valence-corrected chi connectivity index (χ2v) is 6.07. The Morgan fingerprint density at radius 3 is 2.67 bits per heavy atom. The molecule has 1 fully saturated rings. The SMILES string of the molecule is Clc1cccc(Cl)c1-c1nc(CNC2CC2)cs1. The minimum Gasteiger partial charge on any atom is -0.308 e. The summed E-state index contributed by atoms with van der Waals surface area (Å²) in [5.41, 5.74) is 1.89. The van der Waals surface area contributed by atoms with E-state index in [2.05, 4.69) is 15.7 Å². The molecule has 2 nitrogen and oxygen atoms in total. The van der Waals surface area contributed by atoms with Gasteiger partial charge in [0.1, 0.15) is 5.01 Å². The molecular weight excluding hydrogens is 287 g/mol. The molecule has 0 spiro atoms. The van der Waals surface area contributed by atoms with Gasteiger partial charge in [0, 0.05) is 23.5 Å². The molecule has 0 unspecified atom stereocenters. The molecule has 1 aliphatic carbocycles. The lowest BCUT2D eigenvalue weighted by atomic mass is 10.2. The molecule has 2 aromatic rings. The number of benzene rings is 1. The number of rotatable bonds is 4. The molecule has 0 saturated heterocycles. The lowest BCUT2D eigenvalue weighted by Gasteiger charge is -2.02. The first-order valence-corrected chi connectivity index (χ1v) is 7.50. The maximum atomic E-state index is 6.18. The van der Waals surface area contributed by atoms with Crippen molar-refractivity contribution in [1.29, 1.82) is 0 Å². The Labute approximate surface area is 120 Å². The molecule has 1 aromatic carbocycles. The van der Waals surface area contributed by atoms with Crippen molar-refractivity contribution in [1.82, 2.24) is 10.3 Å². The summed E-state index contributed by atoms with van der Waals surface area (Å²) in [6.07, 6.45) is 2.57. The zero-order valence-corrected chi connectivity index (χ0v) is 11.9. The van der Waals surface area contributed by atoms with E-state index in [0.29, 0.717) is 16.1 Å². The van der Waals surface area contributed by atoms with E-state index in [1.807, 2.05) is 18.2 Å². The van der Waals surface area contributed by atoms with Crippen molar-refractivity contribution >= 4 is 34.5 Å². The summed E-state index contributed by atoms with van der Waals surface area (Å²) < 4.78 is 0. The van der Waals surface area contributed by atoms with Crippen molar-refractivity contribution in [3.05, 3.63) is 39.3 Å². The lowest BCUT2D eigenvalue weighted by Crippen LogP contribution is -2.15. The smallest absolute Gasteiger partial charge is 0.126 e. The van der Waals surface area contributed by atoms with Gasteiger partial charge in [-0.15, -0.1) is 11.3 Å². The minimum atomic E-state index is 0.651. The van der Waals surface area contributed by atoms with Crippen LogP contribution in [-0.2, 0) is 6.54 Å². The van der Waals surface area contributed by atoms with E-state index in [1.54, 1.807) is 11.3 Å². The fraction of sp³-hybridized carbons (Fsp3) is 0.308. The zero-order chi connectivity index (χ0) is 12.5. The fourth-order valence-electron chi connectivity index (χ4n) is 1.74. The van der Waals surface area contributed by atoms with Crippen LogP contribution in [-0.4, -0.2) is 11.0 Å². The van der Waals surface area contributed by atoms with Crippen LogP contribution in [0.2, 0.25) is 10.0 Å². The standard InChI is InChI=1S/C13H12Cl2N2S/c14-10-2-1-3-11(15)12(10)13-17-9(7-18-13)6-16-8-4-5-8/h1-3,7-8,16H,4-6H2. The fourth-order valence-corrected chi connectivity index (χ4v) is 3.32. The summed E-state index contributed by atoms with van der Waals surface area (Å²) in [5, 5.41) is 7.70. The third-order valence-corrected chi connectivity index (χ3v) is 4.42. The molecule has 94 valence electrons. The van der Waals surface area contributed by atoms with Crippen molar-refractivity contribution in [3.63, 3.8) is 0 Å². The van der Waals surface area contributed by atoms with Gasteiger partial charge in [0.2, 0.25) is 0 Å². The molecule has 0 atom stereocenters. The number of nitrogens with one attached hydrogen (secondary N) is 1. The Bertz CT molecular complexity index is 544. The quantitative estimate of drug-likeness (QED) is 0.907. The monoisotopic (exact) mass is 298 g/mol. The molecule has 0 amide bonds. The highest BCUT2D eigenvalue weighted by Crippen LogP contribution is 2.36. The molecule has 1 saturated carbocycles. The van der Waals surface area contributed by atoms with E-state index in [1.165, 1.54) is 12.8 Å². The molecule has 18 heavy (non-hydrogen) atoms. The number of halogens is 2. The molecule has 5 heteroatoms. The van der Waals surface area contributed by atoms with Gasteiger partial charge < -0.3 is 5.32 Å².